The summed E-state index contributed by atoms with van der Waals surface area (Å²) in [6.45, 7) is 0.467. The van der Waals surface area contributed by atoms with Gasteiger partial charge in [0.1, 0.15) is 12.2 Å². The smallest absolute Gasteiger partial charge is 0.228 e. The largest absolute Gasteiger partial charge is 0.368 e. The van der Waals surface area contributed by atoms with E-state index in [1.165, 1.54) is 0 Å². The van der Waals surface area contributed by atoms with Gasteiger partial charge < -0.3 is 11.1 Å². The van der Waals surface area contributed by atoms with Gasteiger partial charge in [0.25, 0.3) is 0 Å². The normalized spacial score (nSPS) is 14.7. The van der Waals surface area contributed by atoms with Crippen molar-refractivity contribution < 1.29 is 0 Å². The molecular weight excluding hydrogens is 232 g/mol. The van der Waals surface area contributed by atoms with Crippen LogP contribution >= 0.6 is 0 Å². The molecule has 1 fully saturated rings. The minimum absolute atomic E-state index is 0.253. The zero-order valence-corrected chi connectivity index (χ0v) is 10.0. The molecule has 0 unspecified atom stereocenters. The summed E-state index contributed by atoms with van der Waals surface area (Å²) in [5, 5.41) is 7.22. The van der Waals surface area contributed by atoms with Gasteiger partial charge in [-0.1, -0.05) is 0 Å². The fraction of sp³-hybridized carbons (Fsp3) is 0.500. The van der Waals surface area contributed by atoms with Crippen molar-refractivity contribution in [2.75, 3.05) is 11.1 Å². The first-order valence-corrected chi connectivity index (χ1v) is 5.80. The van der Waals surface area contributed by atoms with Crippen LogP contribution in [0.2, 0.25) is 0 Å². The van der Waals surface area contributed by atoms with Gasteiger partial charge in [0.15, 0.2) is 5.82 Å². The Hall–Kier alpha value is -2.25. The number of anilines is 2. The summed E-state index contributed by atoms with van der Waals surface area (Å²) in [4.78, 5) is 16.6. The summed E-state index contributed by atoms with van der Waals surface area (Å²) in [7, 11) is 1.82. The fourth-order valence-corrected chi connectivity index (χ4v) is 1.64. The highest BCUT2D eigenvalue weighted by atomic mass is 15.3. The summed E-state index contributed by atoms with van der Waals surface area (Å²) in [6.07, 6.45) is 3.91. The van der Waals surface area contributed by atoms with Crippen LogP contribution in [0, 0.1) is 0 Å². The van der Waals surface area contributed by atoms with Gasteiger partial charge in [-0.3, -0.25) is 4.68 Å². The highest BCUT2D eigenvalue weighted by Crippen LogP contribution is 2.38. The second-order valence-corrected chi connectivity index (χ2v) is 4.34. The molecule has 0 radical (unpaired) electrons. The zero-order valence-electron chi connectivity index (χ0n) is 10.0. The highest BCUT2D eigenvalue weighted by molar-refractivity contribution is 5.32. The summed E-state index contributed by atoms with van der Waals surface area (Å²) in [6, 6.07) is 0. The van der Waals surface area contributed by atoms with Crippen molar-refractivity contribution in [3.63, 3.8) is 0 Å². The minimum Gasteiger partial charge on any atom is -0.368 e. The van der Waals surface area contributed by atoms with Gasteiger partial charge in [-0.2, -0.15) is 20.1 Å². The van der Waals surface area contributed by atoms with Gasteiger partial charge in [-0.05, 0) is 12.8 Å². The lowest BCUT2D eigenvalue weighted by atomic mass is 10.4. The van der Waals surface area contributed by atoms with Crippen molar-refractivity contribution in [2.45, 2.75) is 25.3 Å². The monoisotopic (exact) mass is 246 g/mol. The molecule has 94 valence electrons. The van der Waals surface area contributed by atoms with Crippen molar-refractivity contribution >= 4 is 11.9 Å². The number of nitrogens with one attached hydrogen (secondary N) is 1. The third kappa shape index (κ3) is 2.36. The third-order valence-electron chi connectivity index (χ3n) is 2.66. The zero-order chi connectivity index (χ0) is 12.5. The molecule has 0 amide bonds. The molecule has 0 bridgehead atoms. The molecular formula is C10H14N8. The first kappa shape index (κ1) is 10.9. The SMILES string of the molecule is Cn1cnc(CNc2nc(N)nc(C3CC3)n2)n1. The van der Waals surface area contributed by atoms with Crippen molar-refractivity contribution in [1.82, 2.24) is 29.7 Å². The summed E-state index contributed by atoms with van der Waals surface area (Å²) in [5.74, 6) is 2.65. The van der Waals surface area contributed by atoms with E-state index in [9.17, 15) is 0 Å². The van der Waals surface area contributed by atoms with E-state index >= 15 is 0 Å². The third-order valence-corrected chi connectivity index (χ3v) is 2.66. The van der Waals surface area contributed by atoms with Crippen molar-refractivity contribution in [3.8, 4) is 0 Å². The predicted molar refractivity (Wildman–Crippen MR) is 64.5 cm³/mol. The summed E-state index contributed by atoms with van der Waals surface area (Å²) >= 11 is 0. The number of nitrogen functional groups attached to an aromatic ring is 1. The van der Waals surface area contributed by atoms with Crippen LogP contribution < -0.4 is 11.1 Å². The summed E-state index contributed by atoms with van der Waals surface area (Å²) in [5.41, 5.74) is 5.66. The molecule has 2 heterocycles. The number of nitrogens with zero attached hydrogens (tertiary/aromatic N) is 6. The van der Waals surface area contributed by atoms with E-state index in [0.717, 1.165) is 18.7 Å². The quantitative estimate of drug-likeness (QED) is 0.786. The summed E-state index contributed by atoms with van der Waals surface area (Å²) < 4.78 is 1.65. The minimum atomic E-state index is 0.253. The van der Waals surface area contributed by atoms with E-state index in [2.05, 4.69) is 30.4 Å². The number of aromatic nitrogens is 6. The Kier molecular flexibility index (Phi) is 2.54. The number of nitrogens with two attached hydrogens (primary N) is 1. The van der Waals surface area contributed by atoms with Crippen LogP contribution in [0.3, 0.4) is 0 Å². The molecule has 3 N–H and O–H groups in total. The fourth-order valence-electron chi connectivity index (χ4n) is 1.64. The van der Waals surface area contributed by atoms with Crippen molar-refractivity contribution in [1.29, 1.82) is 0 Å². The van der Waals surface area contributed by atoms with E-state index in [4.69, 9.17) is 5.73 Å². The van der Waals surface area contributed by atoms with Gasteiger partial charge in [0.05, 0.1) is 6.54 Å². The Balaban J connectivity index is 1.71. The van der Waals surface area contributed by atoms with E-state index in [0.29, 0.717) is 24.2 Å². The van der Waals surface area contributed by atoms with Crippen molar-refractivity contribution in [3.05, 3.63) is 18.0 Å². The Morgan fingerprint density at radius 2 is 2.22 bits per heavy atom. The van der Waals surface area contributed by atoms with Crippen LogP contribution in [0.4, 0.5) is 11.9 Å². The lowest BCUT2D eigenvalue weighted by molar-refractivity contribution is 0.746. The Bertz CT molecular complexity index is 559. The molecule has 8 nitrogen and oxygen atoms in total. The predicted octanol–water partition coefficient (Wildman–Crippen LogP) is 0.0718. The molecule has 2 aromatic rings. The van der Waals surface area contributed by atoms with E-state index in [1.54, 1.807) is 11.0 Å². The number of rotatable bonds is 4. The second-order valence-electron chi connectivity index (χ2n) is 4.34. The van der Waals surface area contributed by atoms with E-state index in [-0.39, 0.29) is 5.95 Å². The van der Waals surface area contributed by atoms with Crippen LogP contribution in [0.1, 0.15) is 30.4 Å². The first-order chi connectivity index (χ1) is 8.70. The molecule has 1 saturated carbocycles. The molecule has 0 atom stereocenters. The number of aryl methyl sites for hydroxylation is 1. The lowest BCUT2D eigenvalue weighted by Gasteiger charge is -2.04. The number of hydrogen-bond donors (Lipinski definition) is 2. The topological polar surface area (TPSA) is 107 Å². The Morgan fingerprint density at radius 1 is 1.39 bits per heavy atom. The molecule has 3 rings (SSSR count). The van der Waals surface area contributed by atoms with Gasteiger partial charge >= 0.3 is 0 Å². The second kappa shape index (κ2) is 4.21. The Morgan fingerprint density at radius 3 is 2.89 bits per heavy atom. The molecule has 1 aliphatic rings. The highest BCUT2D eigenvalue weighted by Gasteiger charge is 2.27. The van der Waals surface area contributed by atoms with Crippen molar-refractivity contribution in [2.24, 2.45) is 7.05 Å². The van der Waals surface area contributed by atoms with Crippen LogP contribution in [-0.4, -0.2) is 29.7 Å². The number of hydrogen-bond acceptors (Lipinski definition) is 7. The average Bonchev–Trinajstić information content (AvgIpc) is 3.10. The molecule has 8 heteroatoms. The van der Waals surface area contributed by atoms with Crippen LogP contribution in [0.25, 0.3) is 0 Å². The first-order valence-electron chi connectivity index (χ1n) is 5.80. The van der Waals surface area contributed by atoms with Crippen LogP contribution in [-0.2, 0) is 13.6 Å². The Labute approximate surface area is 104 Å². The molecule has 0 spiro atoms. The molecule has 18 heavy (non-hydrogen) atoms. The maximum atomic E-state index is 5.66. The average molecular weight is 246 g/mol. The van der Waals surface area contributed by atoms with Crippen LogP contribution in [0.15, 0.2) is 6.33 Å². The molecule has 0 saturated heterocycles. The van der Waals surface area contributed by atoms with Gasteiger partial charge in [0, 0.05) is 13.0 Å². The maximum absolute atomic E-state index is 5.66. The maximum Gasteiger partial charge on any atom is 0.228 e. The molecule has 2 aromatic heterocycles. The van der Waals surface area contributed by atoms with E-state index < -0.39 is 0 Å². The van der Waals surface area contributed by atoms with Gasteiger partial charge in [-0.25, -0.2) is 4.98 Å². The van der Waals surface area contributed by atoms with E-state index in [1.807, 2.05) is 7.05 Å². The van der Waals surface area contributed by atoms with Gasteiger partial charge in [-0.15, -0.1) is 0 Å². The van der Waals surface area contributed by atoms with Crippen LogP contribution in [0.5, 0.6) is 0 Å². The van der Waals surface area contributed by atoms with Gasteiger partial charge in [0.2, 0.25) is 11.9 Å². The molecule has 1 aliphatic carbocycles. The molecule has 0 aliphatic heterocycles. The lowest BCUT2D eigenvalue weighted by Crippen LogP contribution is -2.10. The molecule has 0 aromatic carbocycles. The standard InChI is InChI=1S/C10H14N8/c1-18-5-13-7(17-18)4-12-10-15-8(6-2-3-6)14-9(11)16-10/h5-6H,2-4H2,1H3,(H3,11,12,14,15,16).